The third-order valence-electron chi connectivity index (χ3n) is 3.17. The third-order valence-corrected chi connectivity index (χ3v) is 3.83. The van der Waals surface area contributed by atoms with Crippen molar-refractivity contribution < 1.29 is 5.11 Å². The van der Waals surface area contributed by atoms with E-state index >= 15 is 0 Å². The minimum atomic E-state index is -0.418. The molecule has 2 rings (SSSR count). The van der Waals surface area contributed by atoms with Crippen molar-refractivity contribution in [1.82, 2.24) is 9.78 Å². The van der Waals surface area contributed by atoms with Gasteiger partial charge < -0.3 is 5.11 Å². The highest BCUT2D eigenvalue weighted by Gasteiger charge is 2.12. The second-order valence-electron chi connectivity index (χ2n) is 4.63. The first-order chi connectivity index (χ1) is 9.22. The first-order valence-electron chi connectivity index (χ1n) is 6.65. The molecule has 102 valence electrons. The maximum atomic E-state index is 10.2. The fourth-order valence-electron chi connectivity index (χ4n) is 2.16. The van der Waals surface area contributed by atoms with Crippen LogP contribution in [0, 0.1) is 0 Å². The molecule has 3 nitrogen and oxygen atoms in total. The monoisotopic (exact) mass is 322 g/mol. The Bertz CT molecular complexity index is 510. The van der Waals surface area contributed by atoms with Crippen LogP contribution in [0.25, 0.3) is 0 Å². The van der Waals surface area contributed by atoms with E-state index in [1.165, 1.54) is 0 Å². The van der Waals surface area contributed by atoms with E-state index in [0.29, 0.717) is 6.42 Å². The first-order valence-corrected chi connectivity index (χ1v) is 7.45. The van der Waals surface area contributed by atoms with Gasteiger partial charge in [-0.3, -0.25) is 4.68 Å². The van der Waals surface area contributed by atoms with E-state index in [2.05, 4.69) is 28.0 Å². The average molecular weight is 323 g/mol. The van der Waals surface area contributed by atoms with E-state index in [0.717, 1.165) is 35.1 Å². The zero-order valence-corrected chi connectivity index (χ0v) is 12.7. The van der Waals surface area contributed by atoms with E-state index in [1.807, 2.05) is 41.2 Å². The van der Waals surface area contributed by atoms with Crippen molar-refractivity contribution >= 4 is 15.9 Å². The second kappa shape index (κ2) is 6.87. The maximum Gasteiger partial charge on any atom is 0.0793 e. The molecule has 1 aromatic heterocycles. The van der Waals surface area contributed by atoms with Crippen LogP contribution in [0.4, 0.5) is 0 Å². The normalized spacial score (nSPS) is 12.6. The SMILES string of the molecule is CCCn1ncc(Br)c1CCC(O)c1ccccc1. The fraction of sp³-hybridized carbons (Fsp3) is 0.400. The molecule has 0 aliphatic carbocycles. The molecule has 0 aliphatic heterocycles. The van der Waals surface area contributed by atoms with E-state index in [-0.39, 0.29) is 0 Å². The van der Waals surface area contributed by atoms with Crippen LogP contribution in [0.15, 0.2) is 41.0 Å². The number of aliphatic hydroxyl groups is 1. The van der Waals surface area contributed by atoms with Crippen molar-refractivity contribution in [3.05, 3.63) is 52.3 Å². The number of hydrogen-bond acceptors (Lipinski definition) is 2. The molecule has 2 aromatic rings. The Morgan fingerprint density at radius 3 is 2.74 bits per heavy atom. The molecule has 0 saturated carbocycles. The zero-order chi connectivity index (χ0) is 13.7. The van der Waals surface area contributed by atoms with Crippen LogP contribution in [0.2, 0.25) is 0 Å². The Kier molecular flexibility index (Phi) is 5.16. The molecule has 0 amide bonds. The molecule has 19 heavy (non-hydrogen) atoms. The average Bonchev–Trinajstić information content (AvgIpc) is 2.78. The van der Waals surface area contributed by atoms with Crippen molar-refractivity contribution in [3.8, 4) is 0 Å². The molecule has 4 heteroatoms. The number of aromatic nitrogens is 2. The summed E-state index contributed by atoms with van der Waals surface area (Å²) < 4.78 is 3.04. The van der Waals surface area contributed by atoms with Crippen molar-refractivity contribution in [3.63, 3.8) is 0 Å². The lowest BCUT2D eigenvalue weighted by molar-refractivity contribution is 0.167. The highest BCUT2D eigenvalue weighted by molar-refractivity contribution is 9.10. The van der Waals surface area contributed by atoms with Crippen LogP contribution in [-0.4, -0.2) is 14.9 Å². The summed E-state index contributed by atoms with van der Waals surface area (Å²) in [5, 5.41) is 14.5. The van der Waals surface area contributed by atoms with Crippen molar-refractivity contribution in [2.75, 3.05) is 0 Å². The van der Waals surface area contributed by atoms with Gasteiger partial charge in [0, 0.05) is 6.54 Å². The van der Waals surface area contributed by atoms with E-state index in [9.17, 15) is 5.11 Å². The molecule has 0 spiro atoms. The van der Waals surface area contributed by atoms with Crippen molar-refractivity contribution in [2.24, 2.45) is 0 Å². The summed E-state index contributed by atoms with van der Waals surface area (Å²) in [6.07, 6.45) is 4.00. The lowest BCUT2D eigenvalue weighted by Crippen LogP contribution is -2.07. The van der Waals surface area contributed by atoms with Gasteiger partial charge in [0.1, 0.15) is 0 Å². The summed E-state index contributed by atoms with van der Waals surface area (Å²) in [4.78, 5) is 0. The number of benzene rings is 1. The van der Waals surface area contributed by atoms with Gasteiger partial charge in [-0.25, -0.2) is 0 Å². The van der Waals surface area contributed by atoms with Crippen LogP contribution >= 0.6 is 15.9 Å². The second-order valence-corrected chi connectivity index (χ2v) is 5.48. The van der Waals surface area contributed by atoms with Gasteiger partial charge in [-0.05, 0) is 40.8 Å². The van der Waals surface area contributed by atoms with Crippen LogP contribution in [0.3, 0.4) is 0 Å². The molecular weight excluding hydrogens is 304 g/mol. The van der Waals surface area contributed by atoms with Gasteiger partial charge in [0.15, 0.2) is 0 Å². The highest BCUT2D eigenvalue weighted by Crippen LogP contribution is 2.23. The number of hydrogen-bond donors (Lipinski definition) is 1. The van der Waals surface area contributed by atoms with Gasteiger partial charge in [0.05, 0.1) is 22.5 Å². The summed E-state index contributed by atoms with van der Waals surface area (Å²) in [7, 11) is 0. The summed E-state index contributed by atoms with van der Waals surface area (Å²) >= 11 is 3.53. The van der Waals surface area contributed by atoms with Gasteiger partial charge in [0.25, 0.3) is 0 Å². The molecule has 1 heterocycles. The zero-order valence-electron chi connectivity index (χ0n) is 11.1. The highest BCUT2D eigenvalue weighted by atomic mass is 79.9. The quantitative estimate of drug-likeness (QED) is 0.880. The summed E-state index contributed by atoms with van der Waals surface area (Å²) in [5.41, 5.74) is 2.14. The molecule has 1 aromatic carbocycles. The molecule has 0 radical (unpaired) electrons. The van der Waals surface area contributed by atoms with Crippen LogP contribution in [0.1, 0.15) is 37.1 Å². The Hall–Kier alpha value is -1.13. The number of aliphatic hydroxyl groups excluding tert-OH is 1. The molecule has 0 saturated heterocycles. The fourth-order valence-corrected chi connectivity index (χ4v) is 2.65. The predicted octanol–water partition coefficient (Wildman–Crippen LogP) is 3.72. The van der Waals surface area contributed by atoms with Gasteiger partial charge in [-0.1, -0.05) is 37.3 Å². The molecule has 1 N–H and O–H groups in total. The number of halogens is 1. The summed E-state index contributed by atoms with van der Waals surface area (Å²) in [6, 6.07) is 9.79. The summed E-state index contributed by atoms with van der Waals surface area (Å²) in [5.74, 6) is 0. The smallest absolute Gasteiger partial charge is 0.0793 e. The molecule has 0 bridgehead atoms. The Labute approximate surface area is 122 Å². The minimum absolute atomic E-state index is 0.418. The molecular formula is C15H19BrN2O. The minimum Gasteiger partial charge on any atom is -0.388 e. The van der Waals surface area contributed by atoms with Gasteiger partial charge in [-0.15, -0.1) is 0 Å². The molecule has 1 atom stereocenters. The van der Waals surface area contributed by atoms with Gasteiger partial charge in [0.2, 0.25) is 0 Å². The topological polar surface area (TPSA) is 38.0 Å². The maximum absolute atomic E-state index is 10.2. The largest absolute Gasteiger partial charge is 0.388 e. The Morgan fingerprint density at radius 2 is 2.05 bits per heavy atom. The number of aryl methyl sites for hydroxylation is 1. The predicted molar refractivity (Wildman–Crippen MR) is 79.9 cm³/mol. The first kappa shape index (κ1) is 14.3. The van der Waals surface area contributed by atoms with Crippen LogP contribution in [-0.2, 0) is 13.0 Å². The van der Waals surface area contributed by atoms with E-state index in [4.69, 9.17) is 0 Å². The number of nitrogens with zero attached hydrogens (tertiary/aromatic N) is 2. The van der Waals surface area contributed by atoms with Crippen LogP contribution in [0.5, 0.6) is 0 Å². The van der Waals surface area contributed by atoms with Crippen molar-refractivity contribution in [1.29, 1.82) is 0 Å². The van der Waals surface area contributed by atoms with E-state index < -0.39 is 6.10 Å². The van der Waals surface area contributed by atoms with Crippen molar-refractivity contribution in [2.45, 2.75) is 38.8 Å². The third kappa shape index (κ3) is 3.67. The lowest BCUT2D eigenvalue weighted by atomic mass is 10.0. The molecule has 0 fully saturated rings. The number of rotatable bonds is 6. The lowest BCUT2D eigenvalue weighted by Gasteiger charge is -2.12. The Balaban J connectivity index is 2.00. The Morgan fingerprint density at radius 1 is 1.32 bits per heavy atom. The molecule has 1 unspecified atom stereocenters. The van der Waals surface area contributed by atoms with Gasteiger partial charge >= 0.3 is 0 Å². The van der Waals surface area contributed by atoms with Gasteiger partial charge in [-0.2, -0.15) is 5.10 Å². The van der Waals surface area contributed by atoms with E-state index in [1.54, 1.807) is 0 Å². The summed E-state index contributed by atoms with van der Waals surface area (Å²) in [6.45, 7) is 3.06. The standard InChI is InChI=1S/C15H19BrN2O/c1-2-10-18-14(13(16)11-17-18)8-9-15(19)12-6-4-3-5-7-12/h3-7,11,15,19H,2,8-10H2,1H3. The van der Waals surface area contributed by atoms with Crippen LogP contribution < -0.4 is 0 Å². The molecule has 0 aliphatic rings.